The van der Waals surface area contributed by atoms with E-state index < -0.39 is 11.8 Å². The fourth-order valence-electron chi connectivity index (χ4n) is 4.86. The number of alkyl halides is 1. The van der Waals surface area contributed by atoms with Gasteiger partial charge in [-0.3, -0.25) is 29.3 Å². The fraction of sp³-hybridized carbons (Fsp3) is 0.258. The minimum atomic E-state index is -0.485. The van der Waals surface area contributed by atoms with Gasteiger partial charge in [-0.25, -0.2) is 0 Å². The summed E-state index contributed by atoms with van der Waals surface area (Å²) in [5.74, 6) is 0.00399. The maximum absolute atomic E-state index is 13.6. The Bertz CT molecular complexity index is 1800. The van der Waals surface area contributed by atoms with Gasteiger partial charge in [0.1, 0.15) is 17.1 Å². The van der Waals surface area contributed by atoms with Gasteiger partial charge < -0.3 is 25.9 Å². The normalized spacial score (nSPS) is 10.7. The molecule has 0 unspecified atom stereocenters. The van der Waals surface area contributed by atoms with Crippen LogP contribution in [-0.2, 0) is 4.79 Å². The molecule has 14 heteroatoms. The number of nitriles is 1. The first kappa shape index (κ1) is 33.0. The van der Waals surface area contributed by atoms with Crippen LogP contribution < -0.4 is 21.4 Å². The number of nitrogens with zero attached hydrogens (tertiary/aromatic N) is 2. The lowest BCUT2D eigenvalue weighted by Gasteiger charge is -2.10. The van der Waals surface area contributed by atoms with Crippen LogP contribution in [0, 0.1) is 39.0 Å². The number of anilines is 2. The number of hydrogen-bond donors (Lipinski definition) is 6. The van der Waals surface area contributed by atoms with Crippen molar-refractivity contribution in [1.29, 1.82) is 5.26 Å². The summed E-state index contributed by atoms with van der Waals surface area (Å²) in [7, 11) is 0. The molecule has 0 saturated carbocycles. The second kappa shape index (κ2) is 14.7. The van der Waals surface area contributed by atoms with Gasteiger partial charge in [-0.05, 0) is 50.5 Å². The van der Waals surface area contributed by atoms with Gasteiger partial charge in [-0.1, -0.05) is 12.1 Å². The Labute approximate surface area is 269 Å². The van der Waals surface area contributed by atoms with E-state index in [1.54, 1.807) is 38.7 Å². The molecule has 0 saturated heterocycles. The first-order valence-corrected chi connectivity index (χ1v) is 15.5. The van der Waals surface area contributed by atoms with Crippen molar-refractivity contribution in [3.05, 3.63) is 76.1 Å². The Morgan fingerprint density at radius 3 is 2.22 bits per heavy atom. The number of aromatic nitrogens is 3. The van der Waals surface area contributed by atoms with Crippen LogP contribution in [0.2, 0.25) is 0 Å². The van der Waals surface area contributed by atoms with Crippen LogP contribution in [-0.4, -0.2) is 57.0 Å². The number of carbonyl (C=O) groups excluding carboxylic acids is 4. The Kier molecular flexibility index (Phi) is 10.8. The zero-order valence-electron chi connectivity index (χ0n) is 25.2. The smallest absolute Gasteiger partial charge is 0.274 e. The van der Waals surface area contributed by atoms with E-state index in [1.165, 1.54) is 17.1 Å². The molecule has 1 aromatic carbocycles. The quantitative estimate of drug-likeness (QED) is 0.0501. The van der Waals surface area contributed by atoms with Crippen molar-refractivity contribution < 1.29 is 19.2 Å². The Hall–Kier alpha value is -4.93. The molecule has 6 N–H and O–H groups in total. The number of hydrogen-bond acceptors (Lipinski definition) is 6. The van der Waals surface area contributed by atoms with Crippen LogP contribution in [0.4, 0.5) is 11.4 Å². The first-order valence-electron chi connectivity index (χ1n) is 14.0. The van der Waals surface area contributed by atoms with Gasteiger partial charge in [-0.15, -0.1) is 23.4 Å². The maximum Gasteiger partial charge on any atom is 0.274 e. The minimum absolute atomic E-state index is 0.183. The topological polar surface area (TPSA) is 177 Å². The molecular formula is C31H33ClN8O4S. The lowest BCUT2D eigenvalue weighted by atomic mass is 10.0. The van der Waals surface area contributed by atoms with Crippen LogP contribution in [0.3, 0.4) is 0 Å². The van der Waals surface area contributed by atoms with Crippen molar-refractivity contribution >= 4 is 58.9 Å². The third-order valence-electron chi connectivity index (χ3n) is 7.24. The summed E-state index contributed by atoms with van der Waals surface area (Å²) < 4.78 is 1.37. The molecule has 4 rings (SSSR count). The van der Waals surface area contributed by atoms with Gasteiger partial charge in [-0.2, -0.15) is 5.26 Å². The van der Waals surface area contributed by atoms with Crippen molar-refractivity contribution in [2.45, 2.75) is 39.0 Å². The molecule has 0 spiro atoms. The number of carbonyl (C=O) groups is 4. The third-order valence-corrected chi connectivity index (χ3v) is 8.83. The van der Waals surface area contributed by atoms with Gasteiger partial charge in [0.15, 0.2) is 0 Å². The average Bonchev–Trinajstić information content (AvgIpc) is 3.67. The summed E-state index contributed by atoms with van der Waals surface area (Å²) in [5, 5.41) is 16.9. The summed E-state index contributed by atoms with van der Waals surface area (Å²) in [6.45, 7) is 7.40. The molecule has 0 bridgehead atoms. The molecular weight excluding hydrogens is 616 g/mol. The number of aryl methyl sites for hydroxylation is 1. The van der Waals surface area contributed by atoms with Gasteiger partial charge in [0.25, 0.3) is 17.7 Å². The highest BCUT2D eigenvalue weighted by Gasteiger charge is 2.24. The van der Waals surface area contributed by atoms with E-state index in [1.807, 2.05) is 31.2 Å². The lowest BCUT2D eigenvalue weighted by Crippen LogP contribution is -2.25. The van der Waals surface area contributed by atoms with Crippen molar-refractivity contribution in [3.63, 3.8) is 0 Å². The van der Waals surface area contributed by atoms with E-state index in [4.69, 9.17) is 16.9 Å². The third kappa shape index (κ3) is 7.25. The second-order valence-corrected chi connectivity index (χ2v) is 11.6. The zero-order valence-corrected chi connectivity index (χ0v) is 26.8. The van der Waals surface area contributed by atoms with Crippen molar-refractivity contribution in [2.24, 2.45) is 0 Å². The highest BCUT2D eigenvalue weighted by Crippen LogP contribution is 2.32. The van der Waals surface area contributed by atoms with Crippen LogP contribution >= 0.6 is 23.4 Å². The molecule has 12 nitrogen and oxygen atoms in total. The molecule has 3 heterocycles. The monoisotopic (exact) mass is 648 g/mol. The molecule has 0 fully saturated rings. The molecule has 4 aromatic rings. The second-order valence-electron chi connectivity index (χ2n) is 10.1. The SMILES string of the molecule is Cc1cc(-c2cn(NC=O)c(C(=O)Nc3c[nH]c(C(=O)Nc4c[nH]c(C(=O)NCCC#N)c4C)c3C)c2C)ccc1SCCCl. The molecule has 45 heavy (non-hydrogen) atoms. The standard InChI is InChI=1S/C31H33ClN8O4S/c1-17-12-21(6-7-25(17)45-11-8-32)22-15-40(37-16-41)28(18(22)2)31(44)39-24-14-36-27(20(24)4)30(43)38-23-13-35-26(19(23)3)29(42)34-10-5-9-33/h6-7,12-16,35-36H,5,8,10-11H2,1-4H3,(H,34,42)(H,37,41)(H,38,43)(H,39,44). The average molecular weight is 649 g/mol. The van der Waals surface area contributed by atoms with E-state index in [9.17, 15) is 19.2 Å². The molecule has 4 amide bonds. The minimum Gasteiger partial charge on any atom is -0.355 e. The molecule has 0 atom stereocenters. The van der Waals surface area contributed by atoms with E-state index >= 15 is 0 Å². The zero-order chi connectivity index (χ0) is 32.7. The number of halogens is 1. The molecule has 3 aromatic heterocycles. The highest BCUT2D eigenvalue weighted by atomic mass is 35.5. The molecule has 0 aliphatic heterocycles. The van der Waals surface area contributed by atoms with Gasteiger partial charge in [0.05, 0.1) is 23.9 Å². The summed E-state index contributed by atoms with van der Waals surface area (Å²) >= 11 is 7.51. The number of rotatable bonds is 13. The first-order chi connectivity index (χ1) is 21.6. The van der Waals surface area contributed by atoms with Crippen LogP contribution in [0.5, 0.6) is 0 Å². The van der Waals surface area contributed by atoms with E-state index in [0.717, 1.165) is 27.3 Å². The molecule has 0 aliphatic rings. The Morgan fingerprint density at radius 2 is 1.62 bits per heavy atom. The number of thioether (sulfide) groups is 1. The summed E-state index contributed by atoms with van der Waals surface area (Å²) in [4.78, 5) is 57.4. The van der Waals surface area contributed by atoms with Gasteiger partial charge >= 0.3 is 0 Å². The van der Waals surface area contributed by atoms with Crippen LogP contribution in [0.15, 0.2) is 41.7 Å². The Morgan fingerprint density at radius 1 is 0.978 bits per heavy atom. The predicted molar refractivity (Wildman–Crippen MR) is 176 cm³/mol. The predicted octanol–water partition coefficient (Wildman–Crippen LogP) is 5.22. The molecule has 0 radical (unpaired) electrons. The molecule has 0 aliphatic carbocycles. The number of nitrogens with one attached hydrogen (secondary N) is 6. The fourth-order valence-corrected chi connectivity index (χ4v) is 5.84. The number of benzene rings is 1. The van der Waals surface area contributed by atoms with Gasteiger partial charge in [0.2, 0.25) is 6.41 Å². The Balaban J connectivity index is 1.52. The van der Waals surface area contributed by atoms with Crippen molar-refractivity contribution in [2.75, 3.05) is 34.2 Å². The largest absolute Gasteiger partial charge is 0.355 e. The van der Waals surface area contributed by atoms with Crippen molar-refractivity contribution in [3.8, 4) is 17.2 Å². The van der Waals surface area contributed by atoms with E-state index in [2.05, 4.69) is 31.3 Å². The number of amides is 4. The van der Waals surface area contributed by atoms with Gasteiger partial charge in [0, 0.05) is 58.4 Å². The van der Waals surface area contributed by atoms with Crippen LogP contribution in [0.1, 0.15) is 60.1 Å². The van der Waals surface area contributed by atoms with Crippen molar-refractivity contribution in [1.82, 2.24) is 20.0 Å². The maximum atomic E-state index is 13.6. The summed E-state index contributed by atoms with van der Waals surface area (Å²) in [5.41, 5.74) is 8.48. The van der Waals surface area contributed by atoms with Crippen LogP contribution in [0.25, 0.3) is 11.1 Å². The van der Waals surface area contributed by atoms with E-state index in [0.29, 0.717) is 40.4 Å². The lowest BCUT2D eigenvalue weighted by molar-refractivity contribution is -0.106. The van der Waals surface area contributed by atoms with E-state index in [-0.39, 0.29) is 36.0 Å². The number of H-pyrrole nitrogens is 2. The summed E-state index contributed by atoms with van der Waals surface area (Å²) in [6.07, 6.45) is 5.39. The number of aromatic amines is 2. The summed E-state index contributed by atoms with van der Waals surface area (Å²) in [6, 6.07) is 7.98. The molecule has 234 valence electrons. The highest BCUT2D eigenvalue weighted by molar-refractivity contribution is 7.99.